The molecule has 1 atom stereocenters. The molecule has 1 aromatic heterocycles. The Morgan fingerprint density at radius 2 is 2.24 bits per heavy atom. The number of hydrogen-bond donors (Lipinski definition) is 1. The van der Waals surface area contributed by atoms with E-state index in [1.165, 1.54) is 12.8 Å². The molecule has 1 aliphatic carbocycles. The lowest BCUT2D eigenvalue weighted by molar-refractivity contribution is -0.129. The molecule has 0 spiro atoms. The number of rotatable bonds is 6. The van der Waals surface area contributed by atoms with Crippen molar-refractivity contribution in [3.05, 3.63) is 41.5 Å². The molecule has 1 aromatic carbocycles. The van der Waals surface area contributed by atoms with E-state index in [0.717, 1.165) is 48.9 Å². The number of hydrogen-bond acceptors (Lipinski definition) is 4. The second-order valence-corrected chi connectivity index (χ2v) is 7.14. The summed E-state index contributed by atoms with van der Waals surface area (Å²) in [5.41, 5.74) is 0.997. The summed E-state index contributed by atoms with van der Waals surface area (Å²) in [7, 11) is 1.64. The van der Waals surface area contributed by atoms with Gasteiger partial charge >= 0.3 is 0 Å². The first-order chi connectivity index (χ1) is 12.2. The maximum absolute atomic E-state index is 12.6. The number of ether oxygens (including phenoxy) is 1. The number of likely N-dealkylation sites (tertiary alicyclic amines) is 1. The van der Waals surface area contributed by atoms with E-state index in [9.17, 15) is 4.79 Å². The SMILES string of the molecule is COc1cccc(CC(=O)N2CCC(Cc3nc(C4CC4)n[nH]3)C2)c1. The summed E-state index contributed by atoms with van der Waals surface area (Å²) in [4.78, 5) is 19.1. The number of aromatic amines is 1. The van der Waals surface area contributed by atoms with Crippen LogP contribution in [-0.2, 0) is 17.6 Å². The van der Waals surface area contributed by atoms with Crippen LogP contribution >= 0.6 is 0 Å². The molecule has 6 nitrogen and oxygen atoms in total. The van der Waals surface area contributed by atoms with Gasteiger partial charge in [0.05, 0.1) is 13.5 Å². The van der Waals surface area contributed by atoms with Crippen LogP contribution in [0.5, 0.6) is 5.75 Å². The minimum atomic E-state index is 0.187. The summed E-state index contributed by atoms with van der Waals surface area (Å²) in [5, 5.41) is 7.39. The first kappa shape index (κ1) is 16.1. The van der Waals surface area contributed by atoms with Gasteiger partial charge in [0, 0.05) is 25.4 Å². The Kier molecular flexibility index (Phi) is 4.42. The molecule has 0 bridgehead atoms. The molecule has 1 unspecified atom stereocenters. The molecular formula is C19H24N4O2. The Labute approximate surface area is 147 Å². The number of nitrogens with zero attached hydrogens (tertiary/aromatic N) is 3. The number of H-pyrrole nitrogens is 1. The average Bonchev–Trinajstić information content (AvgIpc) is 3.19. The number of carbonyl (C=O) groups excluding carboxylic acids is 1. The van der Waals surface area contributed by atoms with Gasteiger partial charge in [-0.05, 0) is 42.9 Å². The van der Waals surface area contributed by atoms with Crippen LogP contribution in [0.1, 0.15) is 42.4 Å². The van der Waals surface area contributed by atoms with E-state index in [0.29, 0.717) is 18.3 Å². The smallest absolute Gasteiger partial charge is 0.227 e. The summed E-state index contributed by atoms with van der Waals surface area (Å²) < 4.78 is 5.23. The van der Waals surface area contributed by atoms with Crippen LogP contribution < -0.4 is 4.74 Å². The summed E-state index contributed by atoms with van der Waals surface area (Å²) in [6, 6.07) is 7.73. The number of aromatic nitrogens is 3. The van der Waals surface area contributed by atoms with Gasteiger partial charge in [0.15, 0.2) is 5.82 Å². The van der Waals surface area contributed by atoms with E-state index in [1.807, 2.05) is 29.2 Å². The maximum Gasteiger partial charge on any atom is 0.227 e. The zero-order valence-corrected chi connectivity index (χ0v) is 14.6. The van der Waals surface area contributed by atoms with Crippen molar-refractivity contribution in [3.63, 3.8) is 0 Å². The van der Waals surface area contributed by atoms with E-state index in [2.05, 4.69) is 15.2 Å². The molecule has 1 N–H and O–H groups in total. The molecule has 132 valence electrons. The lowest BCUT2D eigenvalue weighted by Crippen LogP contribution is -2.30. The third kappa shape index (κ3) is 3.83. The topological polar surface area (TPSA) is 71.1 Å². The molecule has 6 heteroatoms. The molecule has 1 saturated heterocycles. The van der Waals surface area contributed by atoms with E-state index in [4.69, 9.17) is 4.74 Å². The minimum Gasteiger partial charge on any atom is -0.497 e. The normalized spacial score (nSPS) is 20.0. The predicted octanol–water partition coefficient (Wildman–Crippen LogP) is 2.32. The average molecular weight is 340 g/mol. The largest absolute Gasteiger partial charge is 0.497 e. The Morgan fingerprint density at radius 3 is 3.04 bits per heavy atom. The lowest BCUT2D eigenvalue weighted by Gasteiger charge is -2.16. The van der Waals surface area contributed by atoms with Crippen LogP contribution in [-0.4, -0.2) is 46.2 Å². The van der Waals surface area contributed by atoms with Gasteiger partial charge in [0.25, 0.3) is 0 Å². The number of amides is 1. The van der Waals surface area contributed by atoms with Crippen LogP contribution in [0.4, 0.5) is 0 Å². The van der Waals surface area contributed by atoms with E-state index < -0.39 is 0 Å². The van der Waals surface area contributed by atoms with Gasteiger partial charge in [-0.1, -0.05) is 12.1 Å². The fourth-order valence-corrected chi connectivity index (χ4v) is 3.49. The quantitative estimate of drug-likeness (QED) is 0.876. The van der Waals surface area contributed by atoms with E-state index >= 15 is 0 Å². The zero-order valence-electron chi connectivity index (χ0n) is 14.6. The Morgan fingerprint density at radius 1 is 1.36 bits per heavy atom. The number of methoxy groups -OCH3 is 1. The highest BCUT2D eigenvalue weighted by molar-refractivity contribution is 5.79. The van der Waals surface area contributed by atoms with Crippen molar-refractivity contribution < 1.29 is 9.53 Å². The highest BCUT2D eigenvalue weighted by atomic mass is 16.5. The second-order valence-electron chi connectivity index (χ2n) is 7.14. The van der Waals surface area contributed by atoms with Crippen molar-refractivity contribution in [3.8, 4) is 5.75 Å². The molecule has 4 rings (SSSR count). The fraction of sp³-hybridized carbons (Fsp3) is 0.526. The maximum atomic E-state index is 12.6. The van der Waals surface area contributed by atoms with Crippen molar-refractivity contribution in [2.75, 3.05) is 20.2 Å². The first-order valence-corrected chi connectivity index (χ1v) is 9.03. The van der Waals surface area contributed by atoms with Crippen molar-refractivity contribution in [1.82, 2.24) is 20.1 Å². The predicted molar refractivity (Wildman–Crippen MR) is 93.4 cm³/mol. The second kappa shape index (κ2) is 6.86. The molecule has 2 aromatic rings. The molecular weight excluding hydrogens is 316 g/mol. The minimum absolute atomic E-state index is 0.187. The molecule has 1 amide bonds. The van der Waals surface area contributed by atoms with E-state index in [1.54, 1.807) is 7.11 Å². The van der Waals surface area contributed by atoms with Gasteiger partial charge < -0.3 is 9.64 Å². The molecule has 1 saturated carbocycles. The molecule has 1 aliphatic heterocycles. The van der Waals surface area contributed by atoms with Crippen LogP contribution in [0.15, 0.2) is 24.3 Å². The van der Waals surface area contributed by atoms with Crippen LogP contribution in [0.3, 0.4) is 0 Å². The molecule has 0 radical (unpaired) electrons. The Bertz CT molecular complexity index is 753. The van der Waals surface area contributed by atoms with Gasteiger partial charge in [-0.2, -0.15) is 5.10 Å². The Hall–Kier alpha value is -2.37. The number of carbonyl (C=O) groups is 1. The van der Waals surface area contributed by atoms with Crippen molar-refractivity contribution in [2.45, 2.75) is 38.0 Å². The Balaban J connectivity index is 1.30. The third-order valence-electron chi connectivity index (χ3n) is 5.10. The summed E-state index contributed by atoms with van der Waals surface area (Å²) in [5.74, 6) is 3.96. The lowest BCUT2D eigenvalue weighted by atomic mass is 10.0. The zero-order chi connectivity index (χ0) is 17.2. The van der Waals surface area contributed by atoms with E-state index in [-0.39, 0.29) is 5.91 Å². The summed E-state index contributed by atoms with van der Waals surface area (Å²) in [6.45, 7) is 1.64. The standard InChI is InChI=1S/C19H24N4O2/c1-25-16-4-2-3-13(9-16)11-18(24)23-8-7-14(12-23)10-17-20-19(22-21-17)15-5-6-15/h2-4,9,14-15H,5-8,10-12H2,1H3,(H,20,21,22). The third-order valence-corrected chi connectivity index (χ3v) is 5.10. The van der Waals surface area contributed by atoms with Crippen LogP contribution in [0.2, 0.25) is 0 Å². The monoisotopic (exact) mass is 340 g/mol. The van der Waals surface area contributed by atoms with Crippen molar-refractivity contribution >= 4 is 5.91 Å². The molecule has 25 heavy (non-hydrogen) atoms. The van der Waals surface area contributed by atoms with Gasteiger partial charge in [-0.3, -0.25) is 9.89 Å². The van der Waals surface area contributed by atoms with Gasteiger partial charge in [-0.25, -0.2) is 4.98 Å². The first-order valence-electron chi connectivity index (χ1n) is 9.03. The highest BCUT2D eigenvalue weighted by Gasteiger charge is 2.30. The molecule has 2 heterocycles. The van der Waals surface area contributed by atoms with Crippen molar-refractivity contribution in [2.24, 2.45) is 5.92 Å². The number of nitrogens with one attached hydrogen (secondary N) is 1. The molecule has 2 aliphatic rings. The van der Waals surface area contributed by atoms with Crippen LogP contribution in [0.25, 0.3) is 0 Å². The highest BCUT2D eigenvalue weighted by Crippen LogP contribution is 2.37. The fourth-order valence-electron chi connectivity index (χ4n) is 3.49. The summed E-state index contributed by atoms with van der Waals surface area (Å²) in [6.07, 6.45) is 4.77. The van der Waals surface area contributed by atoms with Crippen molar-refractivity contribution in [1.29, 1.82) is 0 Å². The molecule has 2 fully saturated rings. The summed E-state index contributed by atoms with van der Waals surface area (Å²) >= 11 is 0. The van der Waals surface area contributed by atoms with Gasteiger partial charge in [0.1, 0.15) is 11.6 Å². The van der Waals surface area contributed by atoms with Gasteiger partial charge in [-0.15, -0.1) is 0 Å². The number of benzene rings is 1. The van der Waals surface area contributed by atoms with Crippen LogP contribution in [0, 0.1) is 5.92 Å². The van der Waals surface area contributed by atoms with Gasteiger partial charge in [0.2, 0.25) is 5.91 Å².